The van der Waals surface area contributed by atoms with Crippen LogP contribution in [-0.2, 0) is 30.5 Å². The number of benzene rings is 3. The fourth-order valence-corrected chi connectivity index (χ4v) is 4.69. The number of para-hydroxylation sites is 2. The largest absolute Gasteiger partial charge is 0.484 e. The smallest absolute Gasteiger partial charge is 0.416 e. The van der Waals surface area contributed by atoms with Gasteiger partial charge in [-0.25, -0.2) is 13.2 Å². The van der Waals surface area contributed by atoms with Crippen molar-refractivity contribution in [3.63, 3.8) is 0 Å². The van der Waals surface area contributed by atoms with Gasteiger partial charge in [-0.15, -0.1) is 0 Å². The standard InChI is InChI=1S/C25H21F3N2O7S/c1-35-24(32)22-14-30(20-7-2-3-8-21(20)37-22)23(31)15-36-18-9-11-19(12-10-18)38(33,34)29-17-6-4-5-16(13-17)25(26,27)28/h2-13,22,29H,14-15H2,1H3. The number of halogens is 3. The van der Waals surface area contributed by atoms with E-state index in [4.69, 9.17) is 14.2 Å². The van der Waals surface area contributed by atoms with Crippen LogP contribution in [0.25, 0.3) is 0 Å². The number of rotatable bonds is 7. The molecule has 0 fully saturated rings. The third kappa shape index (κ3) is 5.99. The van der Waals surface area contributed by atoms with Crippen molar-refractivity contribution in [2.75, 3.05) is 29.9 Å². The van der Waals surface area contributed by atoms with E-state index in [1.807, 2.05) is 0 Å². The van der Waals surface area contributed by atoms with Crippen molar-refractivity contribution in [3.05, 3.63) is 78.4 Å². The van der Waals surface area contributed by atoms with Gasteiger partial charge < -0.3 is 19.1 Å². The molecule has 1 heterocycles. The number of anilines is 2. The maximum atomic E-state index is 12.9. The van der Waals surface area contributed by atoms with Crippen LogP contribution in [-0.4, -0.2) is 46.7 Å². The fourth-order valence-electron chi connectivity index (χ4n) is 3.64. The van der Waals surface area contributed by atoms with Gasteiger partial charge in [0.2, 0.25) is 6.10 Å². The number of carbonyl (C=O) groups is 2. The molecular weight excluding hydrogens is 529 g/mol. The normalized spacial score (nSPS) is 15.2. The molecule has 0 bridgehead atoms. The second-order valence-corrected chi connectivity index (χ2v) is 9.73. The summed E-state index contributed by atoms with van der Waals surface area (Å²) in [5.74, 6) is -0.640. The number of fused-ring (bicyclic) bond motifs is 1. The van der Waals surface area contributed by atoms with Gasteiger partial charge in [0.1, 0.15) is 11.5 Å². The van der Waals surface area contributed by atoms with Gasteiger partial charge in [-0.1, -0.05) is 18.2 Å². The third-order valence-electron chi connectivity index (χ3n) is 5.48. The second kappa shape index (κ2) is 10.6. The summed E-state index contributed by atoms with van der Waals surface area (Å²) < 4.78 is 82.0. The highest BCUT2D eigenvalue weighted by atomic mass is 32.2. The number of nitrogens with zero attached hydrogens (tertiary/aromatic N) is 1. The molecule has 1 aliphatic heterocycles. The molecular formula is C25H21F3N2O7S. The van der Waals surface area contributed by atoms with Crippen molar-refractivity contribution >= 4 is 33.3 Å². The van der Waals surface area contributed by atoms with E-state index >= 15 is 0 Å². The lowest BCUT2D eigenvalue weighted by atomic mass is 10.2. The molecule has 1 amide bonds. The first-order valence-electron chi connectivity index (χ1n) is 11.0. The maximum Gasteiger partial charge on any atom is 0.416 e. The van der Waals surface area contributed by atoms with Crippen LogP contribution in [0.5, 0.6) is 11.5 Å². The number of alkyl halides is 3. The molecule has 0 saturated carbocycles. The molecule has 13 heteroatoms. The quantitative estimate of drug-likeness (QED) is 0.445. The van der Waals surface area contributed by atoms with E-state index in [2.05, 4.69) is 4.72 Å². The molecule has 0 saturated heterocycles. The minimum absolute atomic E-state index is 0.0930. The molecule has 200 valence electrons. The molecule has 9 nitrogen and oxygen atoms in total. The van der Waals surface area contributed by atoms with E-state index in [0.717, 1.165) is 12.1 Å². The minimum Gasteiger partial charge on any atom is -0.484 e. The van der Waals surface area contributed by atoms with E-state index < -0.39 is 46.4 Å². The van der Waals surface area contributed by atoms with Gasteiger partial charge in [0.15, 0.2) is 6.61 Å². The highest BCUT2D eigenvalue weighted by Gasteiger charge is 2.34. The number of amides is 1. The number of esters is 1. The summed E-state index contributed by atoms with van der Waals surface area (Å²) in [7, 11) is -2.99. The first kappa shape index (κ1) is 26.8. The molecule has 0 aromatic heterocycles. The Labute approximate surface area is 215 Å². The Morgan fingerprint density at radius 1 is 1.05 bits per heavy atom. The predicted molar refractivity (Wildman–Crippen MR) is 129 cm³/mol. The number of sulfonamides is 1. The Hall–Kier alpha value is -4.26. The fraction of sp³-hybridized carbons (Fsp3) is 0.200. The SMILES string of the molecule is COC(=O)C1CN(C(=O)COc2ccc(S(=O)(=O)Nc3cccc(C(F)(F)F)c3)cc2)c2ccccc2O1. The van der Waals surface area contributed by atoms with Crippen molar-refractivity contribution in [1.82, 2.24) is 0 Å². The Bertz CT molecular complexity index is 1440. The Morgan fingerprint density at radius 3 is 2.45 bits per heavy atom. The molecule has 3 aromatic carbocycles. The van der Waals surface area contributed by atoms with Crippen molar-refractivity contribution in [1.29, 1.82) is 0 Å². The zero-order chi connectivity index (χ0) is 27.5. The predicted octanol–water partition coefficient (Wildman–Crippen LogP) is 3.85. The monoisotopic (exact) mass is 550 g/mol. The zero-order valence-corrected chi connectivity index (χ0v) is 20.6. The van der Waals surface area contributed by atoms with Gasteiger partial charge in [0.25, 0.3) is 15.9 Å². The molecule has 1 unspecified atom stereocenters. The van der Waals surface area contributed by atoms with E-state index in [-0.39, 0.29) is 22.9 Å². The van der Waals surface area contributed by atoms with E-state index in [1.165, 1.54) is 42.3 Å². The molecule has 1 N–H and O–H groups in total. The molecule has 0 spiro atoms. The topological polar surface area (TPSA) is 111 Å². The van der Waals surface area contributed by atoms with Crippen molar-refractivity contribution < 1.29 is 45.4 Å². The first-order chi connectivity index (χ1) is 18.0. The molecule has 1 aliphatic rings. The van der Waals surface area contributed by atoms with Crippen LogP contribution in [0.1, 0.15) is 5.56 Å². The Kier molecular flexibility index (Phi) is 7.49. The molecule has 1 atom stereocenters. The van der Waals surface area contributed by atoms with Crippen LogP contribution in [0.15, 0.2) is 77.7 Å². The summed E-state index contributed by atoms with van der Waals surface area (Å²) >= 11 is 0. The van der Waals surface area contributed by atoms with Gasteiger partial charge >= 0.3 is 12.1 Å². The van der Waals surface area contributed by atoms with Gasteiger partial charge in [-0.2, -0.15) is 13.2 Å². The highest BCUT2D eigenvalue weighted by molar-refractivity contribution is 7.92. The number of ether oxygens (including phenoxy) is 3. The van der Waals surface area contributed by atoms with Crippen LogP contribution >= 0.6 is 0 Å². The summed E-state index contributed by atoms with van der Waals surface area (Å²) in [6, 6.07) is 15.4. The number of methoxy groups -OCH3 is 1. The van der Waals surface area contributed by atoms with Crippen molar-refractivity contribution in [2.24, 2.45) is 0 Å². The van der Waals surface area contributed by atoms with Crippen LogP contribution < -0.4 is 19.1 Å². The number of nitrogens with one attached hydrogen (secondary N) is 1. The van der Waals surface area contributed by atoms with Gasteiger partial charge in [0.05, 0.1) is 29.8 Å². The van der Waals surface area contributed by atoms with Gasteiger partial charge in [0, 0.05) is 5.69 Å². The second-order valence-electron chi connectivity index (χ2n) is 8.05. The van der Waals surface area contributed by atoms with Crippen LogP contribution in [0, 0.1) is 0 Å². The minimum atomic E-state index is -4.62. The number of carbonyl (C=O) groups excluding carboxylic acids is 2. The Morgan fingerprint density at radius 2 is 1.76 bits per heavy atom. The summed E-state index contributed by atoms with van der Waals surface area (Å²) in [5, 5.41) is 0. The van der Waals surface area contributed by atoms with Crippen molar-refractivity contribution in [3.8, 4) is 11.5 Å². The van der Waals surface area contributed by atoms with Crippen LogP contribution in [0.2, 0.25) is 0 Å². The van der Waals surface area contributed by atoms with E-state index in [1.54, 1.807) is 24.3 Å². The number of hydrogen-bond donors (Lipinski definition) is 1. The van der Waals surface area contributed by atoms with E-state index in [9.17, 15) is 31.2 Å². The summed E-state index contributed by atoms with van der Waals surface area (Å²) in [6.45, 7) is -0.527. The summed E-state index contributed by atoms with van der Waals surface area (Å²) in [5.41, 5.74) is -0.794. The molecule has 4 rings (SSSR count). The molecule has 38 heavy (non-hydrogen) atoms. The highest BCUT2D eigenvalue weighted by Crippen LogP contribution is 2.34. The molecule has 0 radical (unpaired) electrons. The van der Waals surface area contributed by atoms with Crippen molar-refractivity contribution in [2.45, 2.75) is 17.2 Å². The molecule has 3 aromatic rings. The van der Waals surface area contributed by atoms with Gasteiger partial charge in [-0.3, -0.25) is 9.52 Å². The Balaban J connectivity index is 1.42. The summed E-state index contributed by atoms with van der Waals surface area (Å²) in [4.78, 5) is 26.0. The summed E-state index contributed by atoms with van der Waals surface area (Å²) in [6.07, 6.45) is -5.64. The van der Waals surface area contributed by atoms with E-state index in [0.29, 0.717) is 17.5 Å². The third-order valence-corrected chi connectivity index (χ3v) is 6.87. The average molecular weight is 551 g/mol. The lowest BCUT2D eigenvalue weighted by Gasteiger charge is -2.33. The molecule has 0 aliphatic carbocycles. The lowest BCUT2D eigenvalue weighted by Crippen LogP contribution is -2.48. The van der Waals surface area contributed by atoms with Crippen LogP contribution in [0.4, 0.5) is 24.5 Å². The number of hydrogen-bond acceptors (Lipinski definition) is 7. The lowest BCUT2D eigenvalue weighted by molar-refractivity contribution is -0.148. The first-order valence-corrected chi connectivity index (χ1v) is 12.5. The van der Waals surface area contributed by atoms with Crippen LogP contribution in [0.3, 0.4) is 0 Å². The zero-order valence-electron chi connectivity index (χ0n) is 19.8. The average Bonchev–Trinajstić information content (AvgIpc) is 2.90. The van der Waals surface area contributed by atoms with Gasteiger partial charge in [-0.05, 0) is 54.6 Å². The maximum absolute atomic E-state index is 12.9.